The third-order valence-corrected chi connectivity index (χ3v) is 5.69. The van der Waals surface area contributed by atoms with E-state index >= 15 is 0 Å². The van der Waals surface area contributed by atoms with Crippen molar-refractivity contribution in [2.24, 2.45) is 0 Å². The number of hydrogen-bond acceptors (Lipinski definition) is 2. The fourth-order valence-corrected chi connectivity index (χ4v) is 4.16. The number of hydrogen-bond donors (Lipinski definition) is 1. The van der Waals surface area contributed by atoms with Gasteiger partial charge >= 0.3 is 0 Å². The summed E-state index contributed by atoms with van der Waals surface area (Å²) in [5.74, 6) is 1.00. The molecule has 0 amide bonds. The van der Waals surface area contributed by atoms with Crippen molar-refractivity contribution in [1.82, 2.24) is 9.97 Å². The summed E-state index contributed by atoms with van der Waals surface area (Å²) in [7, 11) is 0. The molecule has 2 nitrogen and oxygen atoms in total. The van der Waals surface area contributed by atoms with E-state index in [-0.39, 0.29) is 0 Å². The van der Waals surface area contributed by atoms with Crippen LogP contribution < -0.4 is 0 Å². The number of fused-ring (bicyclic) bond motifs is 2. The molecule has 27 heavy (non-hydrogen) atoms. The summed E-state index contributed by atoms with van der Waals surface area (Å²) >= 11 is 1.78. The van der Waals surface area contributed by atoms with Crippen molar-refractivity contribution < 1.29 is 0 Å². The van der Waals surface area contributed by atoms with E-state index < -0.39 is 0 Å². The van der Waals surface area contributed by atoms with Gasteiger partial charge in [0.1, 0.15) is 5.82 Å². The van der Waals surface area contributed by atoms with Crippen LogP contribution in [0, 0.1) is 0 Å². The van der Waals surface area contributed by atoms with Crippen molar-refractivity contribution in [3.8, 4) is 0 Å². The summed E-state index contributed by atoms with van der Waals surface area (Å²) in [6.45, 7) is 0. The zero-order valence-electron chi connectivity index (χ0n) is 14.7. The number of imidazole rings is 1. The molecule has 0 spiro atoms. The van der Waals surface area contributed by atoms with E-state index in [0.717, 1.165) is 23.3 Å². The third-order valence-electron chi connectivity index (χ3n) is 4.67. The Balaban J connectivity index is 1.37. The van der Waals surface area contributed by atoms with Gasteiger partial charge in [-0.05, 0) is 52.7 Å². The van der Waals surface area contributed by atoms with Gasteiger partial charge in [-0.25, -0.2) is 4.98 Å². The lowest BCUT2D eigenvalue weighted by atomic mass is 10.1. The number of H-pyrrole nitrogens is 1. The lowest BCUT2D eigenvalue weighted by Gasteiger charge is -2.03. The monoisotopic (exact) mass is 366 g/mol. The molecule has 1 heterocycles. The molecule has 0 saturated heterocycles. The molecule has 0 bridgehead atoms. The highest BCUT2D eigenvalue weighted by molar-refractivity contribution is 7.99. The molecule has 0 radical (unpaired) electrons. The second-order valence-corrected chi connectivity index (χ2v) is 7.78. The summed E-state index contributed by atoms with van der Waals surface area (Å²) in [4.78, 5) is 10.8. The minimum absolute atomic E-state index is 0.807. The highest BCUT2D eigenvalue weighted by Crippen LogP contribution is 2.28. The molecule has 0 fully saturated rings. The molecule has 0 atom stereocenters. The topological polar surface area (TPSA) is 28.7 Å². The van der Waals surface area contributed by atoms with Crippen molar-refractivity contribution in [2.75, 3.05) is 0 Å². The Morgan fingerprint density at radius 1 is 0.704 bits per heavy atom. The van der Waals surface area contributed by atoms with Crippen molar-refractivity contribution in [2.45, 2.75) is 16.2 Å². The summed E-state index contributed by atoms with van der Waals surface area (Å²) in [5, 5.41) is 2.47. The second kappa shape index (κ2) is 6.93. The standard InChI is InChI=1S/C24H18N2S/c1-2-8-20(9-3-1)27-21-12-10-17(11-13-21)14-24-25-22-15-18-6-4-5-7-19(18)16-23(22)26-24/h1-13,15-16H,14H2,(H,25,26). The second-order valence-electron chi connectivity index (χ2n) is 6.64. The number of nitrogens with one attached hydrogen (secondary N) is 1. The van der Waals surface area contributed by atoms with Crippen molar-refractivity contribution in [3.63, 3.8) is 0 Å². The van der Waals surface area contributed by atoms with Gasteiger partial charge in [-0.15, -0.1) is 0 Å². The van der Waals surface area contributed by atoms with Gasteiger partial charge in [0.05, 0.1) is 11.0 Å². The van der Waals surface area contributed by atoms with Crippen LogP contribution in [-0.4, -0.2) is 9.97 Å². The fourth-order valence-electron chi connectivity index (χ4n) is 3.33. The van der Waals surface area contributed by atoms with Crippen molar-refractivity contribution >= 4 is 33.6 Å². The molecule has 5 rings (SSSR count). The van der Waals surface area contributed by atoms with E-state index in [1.165, 1.54) is 26.1 Å². The first-order chi connectivity index (χ1) is 13.3. The van der Waals surface area contributed by atoms with Crippen LogP contribution in [0.25, 0.3) is 21.8 Å². The highest BCUT2D eigenvalue weighted by atomic mass is 32.2. The molecule has 4 aromatic carbocycles. The first kappa shape index (κ1) is 16.2. The van der Waals surface area contributed by atoms with Gasteiger partial charge in [0.15, 0.2) is 0 Å². The lowest BCUT2D eigenvalue weighted by molar-refractivity contribution is 1.04. The van der Waals surface area contributed by atoms with Crippen LogP contribution in [0.2, 0.25) is 0 Å². The predicted octanol–water partition coefficient (Wildman–Crippen LogP) is 6.46. The van der Waals surface area contributed by atoms with Gasteiger partial charge < -0.3 is 4.98 Å². The fraction of sp³-hybridized carbons (Fsp3) is 0.0417. The first-order valence-electron chi connectivity index (χ1n) is 9.03. The van der Waals surface area contributed by atoms with E-state index in [2.05, 4.69) is 89.9 Å². The summed E-state index contributed by atoms with van der Waals surface area (Å²) < 4.78 is 0. The molecule has 1 aromatic heterocycles. The van der Waals surface area contributed by atoms with Gasteiger partial charge in [0.2, 0.25) is 0 Å². The molecular weight excluding hydrogens is 348 g/mol. The number of aromatic amines is 1. The molecule has 0 aliphatic carbocycles. The van der Waals surface area contributed by atoms with Crippen molar-refractivity contribution in [3.05, 3.63) is 102 Å². The average Bonchev–Trinajstić information content (AvgIpc) is 3.09. The van der Waals surface area contributed by atoms with E-state index in [1.807, 2.05) is 6.07 Å². The van der Waals surface area contributed by atoms with E-state index in [1.54, 1.807) is 11.8 Å². The normalized spacial score (nSPS) is 11.3. The lowest BCUT2D eigenvalue weighted by Crippen LogP contribution is -1.90. The quantitative estimate of drug-likeness (QED) is 0.395. The maximum absolute atomic E-state index is 4.79. The number of aromatic nitrogens is 2. The van der Waals surface area contributed by atoms with Crippen LogP contribution >= 0.6 is 11.8 Å². The van der Waals surface area contributed by atoms with E-state index in [9.17, 15) is 0 Å². The van der Waals surface area contributed by atoms with Crippen LogP contribution in [0.1, 0.15) is 11.4 Å². The zero-order chi connectivity index (χ0) is 18.1. The zero-order valence-corrected chi connectivity index (χ0v) is 15.5. The Labute approximate surface area is 162 Å². The van der Waals surface area contributed by atoms with Gasteiger partial charge in [-0.2, -0.15) is 0 Å². The highest BCUT2D eigenvalue weighted by Gasteiger charge is 2.06. The Hall–Kier alpha value is -3.04. The predicted molar refractivity (Wildman–Crippen MR) is 113 cm³/mol. The minimum atomic E-state index is 0.807. The maximum atomic E-state index is 4.79. The van der Waals surface area contributed by atoms with E-state index in [0.29, 0.717) is 0 Å². The molecule has 0 aliphatic rings. The van der Waals surface area contributed by atoms with Crippen LogP contribution in [0.5, 0.6) is 0 Å². The molecule has 5 aromatic rings. The average molecular weight is 366 g/mol. The molecule has 3 heteroatoms. The molecule has 0 saturated carbocycles. The van der Waals surface area contributed by atoms with Crippen LogP contribution in [0.3, 0.4) is 0 Å². The smallest absolute Gasteiger partial charge is 0.111 e. The Kier molecular flexibility index (Phi) is 4.15. The molecular formula is C24H18N2S. The molecule has 130 valence electrons. The van der Waals surface area contributed by atoms with Crippen molar-refractivity contribution in [1.29, 1.82) is 0 Å². The van der Waals surface area contributed by atoms with Gasteiger partial charge in [-0.3, -0.25) is 0 Å². The number of rotatable bonds is 4. The summed E-state index contributed by atoms with van der Waals surface area (Å²) in [6, 6.07) is 31.9. The van der Waals surface area contributed by atoms with Gasteiger partial charge in [0, 0.05) is 16.2 Å². The number of benzene rings is 4. The van der Waals surface area contributed by atoms with Crippen LogP contribution in [0.4, 0.5) is 0 Å². The maximum Gasteiger partial charge on any atom is 0.111 e. The SMILES string of the molecule is c1ccc(Sc2ccc(Cc3nc4cc5ccccc5cc4[nH]3)cc2)cc1. The summed E-state index contributed by atoms with van der Waals surface area (Å²) in [6.07, 6.45) is 0.807. The van der Waals surface area contributed by atoms with Gasteiger partial charge in [-0.1, -0.05) is 66.4 Å². The largest absolute Gasteiger partial charge is 0.342 e. The van der Waals surface area contributed by atoms with Crippen LogP contribution in [-0.2, 0) is 6.42 Å². The summed E-state index contributed by atoms with van der Waals surface area (Å²) in [5.41, 5.74) is 3.39. The first-order valence-corrected chi connectivity index (χ1v) is 9.84. The van der Waals surface area contributed by atoms with E-state index in [4.69, 9.17) is 4.98 Å². The molecule has 0 unspecified atom stereocenters. The minimum Gasteiger partial charge on any atom is -0.342 e. The Morgan fingerprint density at radius 2 is 1.37 bits per heavy atom. The molecule has 0 aliphatic heterocycles. The Bertz CT molecular complexity index is 1160. The Morgan fingerprint density at radius 3 is 2.15 bits per heavy atom. The van der Waals surface area contributed by atoms with Gasteiger partial charge in [0.25, 0.3) is 0 Å². The van der Waals surface area contributed by atoms with Crippen LogP contribution in [0.15, 0.2) is 101 Å². The third kappa shape index (κ3) is 3.46. The number of nitrogens with zero attached hydrogens (tertiary/aromatic N) is 1. The molecule has 1 N–H and O–H groups in total.